The summed E-state index contributed by atoms with van der Waals surface area (Å²) < 4.78 is 33.4. The molecule has 6 nitrogen and oxygen atoms in total. The number of para-hydroxylation sites is 1. The molecule has 0 saturated heterocycles. The van der Waals surface area contributed by atoms with Gasteiger partial charge in [0.15, 0.2) is 11.5 Å². The van der Waals surface area contributed by atoms with Crippen LogP contribution in [0, 0.1) is 0 Å². The summed E-state index contributed by atoms with van der Waals surface area (Å²) in [4.78, 5) is 0. The Morgan fingerprint density at radius 1 is 0.667 bits per heavy atom. The van der Waals surface area contributed by atoms with Crippen molar-refractivity contribution in [1.82, 2.24) is 0 Å². The highest BCUT2D eigenvalue weighted by Crippen LogP contribution is 2.32. The number of benzene rings is 1. The highest BCUT2D eigenvalue weighted by Gasteiger charge is 2.09. The van der Waals surface area contributed by atoms with E-state index >= 15 is 0 Å². The van der Waals surface area contributed by atoms with Crippen LogP contribution in [0.1, 0.15) is 5.56 Å². The van der Waals surface area contributed by atoms with Crippen molar-refractivity contribution in [3.63, 3.8) is 0 Å². The Morgan fingerprint density at radius 3 is 1.71 bits per heavy atom. The first-order valence-corrected chi connectivity index (χ1v) is 8.24. The maximum atomic E-state index is 5.83. The average Bonchev–Trinajstić information content (AvgIpc) is 2.61. The zero-order valence-corrected chi connectivity index (χ0v) is 14.0. The fraction of sp³-hybridized carbons (Fsp3) is 0.556. The maximum Gasteiger partial charge on any atom is 0.168 e. The normalized spacial score (nSPS) is 19.0. The summed E-state index contributed by atoms with van der Waals surface area (Å²) >= 11 is 0. The Bertz CT molecular complexity index is 477. The Hall–Kier alpha value is -1.60. The van der Waals surface area contributed by atoms with E-state index < -0.39 is 0 Å². The van der Waals surface area contributed by atoms with E-state index in [4.69, 9.17) is 28.4 Å². The molecule has 0 saturated carbocycles. The zero-order chi connectivity index (χ0) is 16.9. The first kappa shape index (κ1) is 18.7. The van der Waals surface area contributed by atoms with Gasteiger partial charge in [0.1, 0.15) is 13.2 Å². The van der Waals surface area contributed by atoms with Crippen molar-refractivity contribution in [1.29, 1.82) is 0 Å². The first-order valence-electron chi connectivity index (χ1n) is 8.24. The minimum absolute atomic E-state index is 0.431. The van der Waals surface area contributed by atoms with Gasteiger partial charge in [0, 0.05) is 5.56 Å². The van der Waals surface area contributed by atoms with Crippen LogP contribution in [0.4, 0.5) is 0 Å². The summed E-state index contributed by atoms with van der Waals surface area (Å²) in [6.07, 6.45) is 1.75. The number of rotatable bonds is 1. The van der Waals surface area contributed by atoms with E-state index in [0.29, 0.717) is 77.6 Å². The predicted octanol–water partition coefficient (Wildman–Crippen LogP) is 2.17. The number of ether oxygens (including phenoxy) is 6. The lowest BCUT2D eigenvalue weighted by Crippen LogP contribution is -2.16. The molecule has 2 rings (SSSR count). The van der Waals surface area contributed by atoms with Crippen molar-refractivity contribution in [3.05, 3.63) is 30.3 Å². The van der Waals surface area contributed by atoms with E-state index in [2.05, 4.69) is 6.58 Å². The van der Waals surface area contributed by atoms with Crippen LogP contribution in [-0.4, -0.2) is 66.1 Å². The molecule has 0 spiro atoms. The van der Waals surface area contributed by atoms with Crippen molar-refractivity contribution >= 4 is 6.08 Å². The molecule has 0 fully saturated rings. The molecule has 0 N–H and O–H groups in total. The van der Waals surface area contributed by atoms with Crippen LogP contribution in [0.3, 0.4) is 0 Å². The molecule has 1 aromatic rings. The predicted molar refractivity (Wildman–Crippen MR) is 90.8 cm³/mol. The molecule has 0 atom stereocenters. The lowest BCUT2D eigenvalue weighted by molar-refractivity contribution is -0.00842. The third kappa shape index (κ3) is 6.88. The molecule has 0 radical (unpaired) electrons. The monoisotopic (exact) mass is 338 g/mol. The van der Waals surface area contributed by atoms with E-state index in [-0.39, 0.29) is 0 Å². The molecule has 0 bridgehead atoms. The summed E-state index contributed by atoms with van der Waals surface area (Å²) in [7, 11) is 0. The molecule has 6 heteroatoms. The van der Waals surface area contributed by atoms with Crippen LogP contribution < -0.4 is 9.47 Å². The molecule has 0 unspecified atom stereocenters. The average molecular weight is 338 g/mol. The summed E-state index contributed by atoms with van der Waals surface area (Å²) in [5.74, 6) is 1.36. The third-order valence-electron chi connectivity index (χ3n) is 3.30. The van der Waals surface area contributed by atoms with Crippen molar-refractivity contribution in [2.45, 2.75) is 0 Å². The van der Waals surface area contributed by atoms with E-state index in [1.54, 1.807) is 6.08 Å². The largest absolute Gasteiger partial charge is 0.487 e. The molecule has 0 amide bonds. The molecule has 1 aliphatic heterocycles. The Kier molecular flexibility index (Phi) is 9.26. The fourth-order valence-electron chi connectivity index (χ4n) is 2.14. The maximum absolute atomic E-state index is 5.83. The van der Waals surface area contributed by atoms with Crippen LogP contribution in [0.2, 0.25) is 0 Å². The van der Waals surface area contributed by atoms with Crippen molar-refractivity contribution in [3.8, 4) is 11.5 Å². The summed E-state index contributed by atoms with van der Waals surface area (Å²) in [5, 5.41) is 0. The molecule has 1 heterocycles. The molecule has 134 valence electrons. The van der Waals surface area contributed by atoms with E-state index in [1.807, 2.05) is 18.2 Å². The van der Waals surface area contributed by atoms with Gasteiger partial charge in [0.25, 0.3) is 0 Å². The molecule has 1 aliphatic rings. The summed E-state index contributed by atoms with van der Waals surface area (Å²) in [6.45, 7) is 8.90. The van der Waals surface area contributed by atoms with Crippen molar-refractivity contribution in [2.24, 2.45) is 0 Å². The second kappa shape index (κ2) is 11.9. The van der Waals surface area contributed by atoms with Crippen molar-refractivity contribution in [2.75, 3.05) is 66.1 Å². The van der Waals surface area contributed by atoms with Gasteiger partial charge < -0.3 is 28.4 Å². The van der Waals surface area contributed by atoms with Gasteiger partial charge in [-0.3, -0.25) is 0 Å². The Balaban J connectivity index is 1.92. The summed E-state index contributed by atoms with van der Waals surface area (Å²) in [5.41, 5.74) is 0.888. The molecular formula is C18H26O6. The van der Waals surface area contributed by atoms with Gasteiger partial charge in [-0.15, -0.1) is 0 Å². The van der Waals surface area contributed by atoms with Crippen LogP contribution in [0.25, 0.3) is 6.08 Å². The van der Waals surface area contributed by atoms with Crippen LogP contribution >= 0.6 is 0 Å². The standard InChI is InChI=1S/C18H26O6/c1-2-16-4-3-5-17-18(16)24-15-13-22-11-9-20-7-6-19-8-10-21-12-14-23-17/h2-5H,1,6-15H2. The third-order valence-corrected chi connectivity index (χ3v) is 3.30. The van der Waals surface area contributed by atoms with Gasteiger partial charge >= 0.3 is 0 Å². The first-order chi connectivity index (χ1) is 11.9. The highest BCUT2D eigenvalue weighted by molar-refractivity contribution is 5.61. The number of hydrogen-bond donors (Lipinski definition) is 0. The van der Waals surface area contributed by atoms with Crippen molar-refractivity contribution < 1.29 is 28.4 Å². The molecule has 0 aliphatic carbocycles. The van der Waals surface area contributed by atoms with Gasteiger partial charge in [-0.1, -0.05) is 24.8 Å². The Labute approximate surface area is 143 Å². The van der Waals surface area contributed by atoms with Gasteiger partial charge in [0.05, 0.1) is 52.9 Å². The van der Waals surface area contributed by atoms with Gasteiger partial charge in [-0.25, -0.2) is 0 Å². The second-order valence-electron chi connectivity index (χ2n) is 5.03. The number of hydrogen-bond acceptors (Lipinski definition) is 6. The van der Waals surface area contributed by atoms with E-state index in [0.717, 1.165) is 5.56 Å². The van der Waals surface area contributed by atoms with Gasteiger partial charge in [0.2, 0.25) is 0 Å². The summed E-state index contributed by atoms with van der Waals surface area (Å²) in [6, 6.07) is 5.72. The topological polar surface area (TPSA) is 55.4 Å². The second-order valence-corrected chi connectivity index (χ2v) is 5.03. The van der Waals surface area contributed by atoms with Crippen LogP contribution in [0.5, 0.6) is 11.5 Å². The zero-order valence-electron chi connectivity index (χ0n) is 14.0. The minimum atomic E-state index is 0.431. The quantitative estimate of drug-likeness (QED) is 0.782. The smallest absolute Gasteiger partial charge is 0.168 e. The minimum Gasteiger partial charge on any atom is -0.487 e. The fourth-order valence-corrected chi connectivity index (χ4v) is 2.14. The lowest BCUT2D eigenvalue weighted by Gasteiger charge is -2.15. The highest BCUT2D eigenvalue weighted by atomic mass is 16.6. The van der Waals surface area contributed by atoms with E-state index in [9.17, 15) is 0 Å². The molecule has 0 aromatic heterocycles. The van der Waals surface area contributed by atoms with Gasteiger partial charge in [-0.05, 0) is 6.07 Å². The molecule has 1 aromatic carbocycles. The SMILES string of the molecule is C=Cc1cccc2c1OCCOCCOCCOCCOCCO2. The molecular weight excluding hydrogens is 312 g/mol. The van der Waals surface area contributed by atoms with Crippen LogP contribution in [0.15, 0.2) is 24.8 Å². The number of fused-ring (bicyclic) bond motifs is 1. The van der Waals surface area contributed by atoms with E-state index in [1.165, 1.54) is 0 Å². The van der Waals surface area contributed by atoms with Crippen LogP contribution in [-0.2, 0) is 18.9 Å². The molecule has 24 heavy (non-hydrogen) atoms. The lowest BCUT2D eigenvalue weighted by atomic mass is 10.2. The van der Waals surface area contributed by atoms with Gasteiger partial charge in [-0.2, -0.15) is 0 Å². The Morgan fingerprint density at radius 2 is 1.17 bits per heavy atom.